The van der Waals surface area contributed by atoms with Crippen LogP contribution in [0, 0.1) is 0 Å². The van der Waals surface area contributed by atoms with Crippen LogP contribution in [0.1, 0.15) is 20.8 Å². The summed E-state index contributed by atoms with van der Waals surface area (Å²) >= 11 is 3.30. The van der Waals surface area contributed by atoms with E-state index in [4.69, 9.17) is 0 Å². The molecule has 20 heavy (non-hydrogen) atoms. The van der Waals surface area contributed by atoms with Gasteiger partial charge < -0.3 is 5.32 Å². The van der Waals surface area contributed by atoms with E-state index in [9.17, 15) is 13.2 Å². The molecular formula is C13H19BrN2O3S. The van der Waals surface area contributed by atoms with E-state index in [0.717, 1.165) is 10.6 Å². The number of carbonyl (C=O) groups is 1. The van der Waals surface area contributed by atoms with Gasteiger partial charge in [0.05, 0.1) is 11.9 Å². The molecule has 1 aromatic carbocycles. The predicted octanol–water partition coefficient (Wildman–Crippen LogP) is 2.13. The highest BCUT2D eigenvalue weighted by molar-refractivity contribution is 9.10. The number of anilines is 1. The minimum absolute atomic E-state index is 0.251. The van der Waals surface area contributed by atoms with Crippen LogP contribution < -0.4 is 9.62 Å². The number of nitrogens with zero attached hydrogens (tertiary/aromatic N) is 1. The van der Waals surface area contributed by atoms with Crippen LogP contribution in [-0.4, -0.2) is 32.7 Å². The van der Waals surface area contributed by atoms with Crippen LogP contribution in [0.3, 0.4) is 0 Å². The van der Waals surface area contributed by atoms with Crippen molar-refractivity contribution >= 4 is 37.5 Å². The van der Waals surface area contributed by atoms with Crippen molar-refractivity contribution in [1.29, 1.82) is 0 Å². The molecule has 0 atom stereocenters. The Morgan fingerprint density at radius 3 is 2.30 bits per heavy atom. The van der Waals surface area contributed by atoms with Crippen LogP contribution >= 0.6 is 15.9 Å². The molecule has 1 N–H and O–H groups in total. The Balaban J connectivity index is 3.05. The zero-order valence-corrected chi connectivity index (χ0v) is 14.4. The lowest BCUT2D eigenvalue weighted by molar-refractivity contribution is -0.121. The maximum Gasteiger partial charge on any atom is 0.241 e. The van der Waals surface area contributed by atoms with Gasteiger partial charge in [-0.25, -0.2) is 8.42 Å². The molecule has 0 saturated carbocycles. The lowest BCUT2D eigenvalue weighted by atomic mass is 10.1. The van der Waals surface area contributed by atoms with E-state index in [1.165, 1.54) is 0 Å². The lowest BCUT2D eigenvalue weighted by Gasteiger charge is -2.26. The third-order valence-corrected chi connectivity index (χ3v) is 4.12. The fourth-order valence-corrected chi connectivity index (χ4v) is 3.11. The van der Waals surface area contributed by atoms with Crippen molar-refractivity contribution in [1.82, 2.24) is 5.32 Å². The molecule has 7 heteroatoms. The summed E-state index contributed by atoms with van der Waals surface area (Å²) in [5.41, 5.74) is 0.0350. The molecule has 0 aliphatic carbocycles. The normalized spacial score (nSPS) is 12.1. The van der Waals surface area contributed by atoms with Gasteiger partial charge in [0.25, 0.3) is 0 Å². The van der Waals surface area contributed by atoms with Crippen LogP contribution in [0.4, 0.5) is 5.69 Å². The van der Waals surface area contributed by atoms with Gasteiger partial charge in [-0.1, -0.05) is 12.1 Å². The number of carbonyl (C=O) groups excluding carboxylic acids is 1. The SMILES string of the molecule is CC(C)(C)NC(=O)CN(c1ccccc1Br)S(C)(=O)=O. The second-order valence-corrected chi connectivity index (χ2v) is 8.28. The topological polar surface area (TPSA) is 66.5 Å². The Labute approximate surface area is 128 Å². The van der Waals surface area contributed by atoms with Gasteiger partial charge in [-0.15, -0.1) is 0 Å². The second-order valence-electron chi connectivity index (χ2n) is 5.52. The number of nitrogens with one attached hydrogen (secondary N) is 1. The molecule has 0 heterocycles. The number of rotatable bonds is 4. The molecule has 1 aromatic rings. The molecule has 0 aromatic heterocycles. The van der Waals surface area contributed by atoms with Gasteiger partial charge in [-0.3, -0.25) is 9.10 Å². The molecule has 0 radical (unpaired) electrons. The lowest BCUT2D eigenvalue weighted by Crippen LogP contribution is -2.47. The van der Waals surface area contributed by atoms with E-state index in [1.54, 1.807) is 24.3 Å². The minimum atomic E-state index is -3.55. The first-order chi connectivity index (χ1) is 9.00. The van der Waals surface area contributed by atoms with Crippen molar-refractivity contribution < 1.29 is 13.2 Å². The largest absolute Gasteiger partial charge is 0.350 e. The first kappa shape index (κ1) is 17.0. The monoisotopic (exact) mass is 362 g/mol. The van der Waals surface area contributed by atoms with Crippen molar-refractivity contribution in [3.63, 3.8) is 0 Å². The van der Waals surface area contributed by atoms with Gasteiger partial charge >= 0.3 is 0 Å². The number of hydrogen-bond acceptors (Lipinski definition) is 3. The number of para-hydroxylation sites is 1. The number of halogens is 1. The highest BCUT2D eigenvalue weighted by atomic mass is 79.9. The Hall–Kier alpha value is -1.08. The molecular weight excluding hydrogens is 344 g/mol. The van der Waals surface area contributed by atoms with E-state index < -0.39 is 15.6 Å². The van der Waals surface area contributed by atoms with Crippen LogP contribution in [0.25, 0.3) is 0 Å². The van der Waals surface area contributed by atoms with Crippen LogP contribution in [0.5, 0.6) is 0 Å². The van der Waals surface area contributed by atoms with E-state index in [-0.39, 0.29) is 12.5 Å². The molecule has 112 valence electrons. The summed E-state index contributed by atoms with van der Waals surface area (Å²) < 4.78 is 25.5. The van der Waals surface area contributed by atoms with Crippen molar-refractivity contribution in [2.45, 2.75) is 26.3 Å². The summed E-state index contributed by atoms with van der Waals surface area (Å²) in [7, 11) is -3.55. The van der Waals surface area contributed by atoms with Crippen molar-refractivity contribution in [3.05, 3.63) is 28.7 Å². The third-order valence-electron chi connectivity index (χ3n) is 2.32. The number of sulfonamides is 1. The van der Waals surface area contributed by atoms with Gasteiger partial charge in [-0.2, -0.15) is 0 Å². The average molecular weight is 363 g/mol. The van der Waals surface area contributed by atoms with Crippen LogP contribution in [0.2, 0.25) is 0 Å². The van der Waals surface area contributed by atoms with Crippen LogP contribution in [-0.2, 0) is 14.8 Å². The third kappa shape index (κ3) is 5.13. The van der Waals surface area contributed by atoms with Gasteiger partial charge in [0.2, 0.25) is 15.9 Å². The van der Waals surface area contributed by atoms with Crippen molar-refractivity contribution in [3.8, 4) is 0 Å². The van der Waals surface area contributed by atoms with Gasteiger partial charge in [0, 0.05) is 10.0 Å². The summed E-state index contributed by atoms with van der Waals surface area (Å²) in [6.45, 7) is 5.27. The maximum absolute atomic E-state index is 12.0. The van der Waals surface area contributed by atoms with Crippen molar-refractivity contribution in [2.75, 3.05) is 17.1 Å². The summed E-state index contributed by atoms with van der Waals surface area (Å²) in [5, 5.41) is 2.75. The molecule has 0 aliphatic rings. The maximum atomic E-state index is 12.0. The second kappa shape index (κ2) is 6.13. The van der Waals surface area contributed by atoms with Crippen LogP contribution in [0.15, 0.2) is 28.7 Å². The van der Waals surface area contributed by atoms with E-state index in [1.807, 2.05) is 20.8 Å². The molecule has 0 unspecified atom stereocenters. The summed E-state index contributed by atoms with van der Waals surface area (Å²) in [5.74, 6) is -0.348. The number of amides is 1. The minimum Gasteiger partial charge on any atom is -0.350 e. The smallest absolute Gasteiger partial charge is 0.241 e. The fourth-order valence-electron chi connectivity index (χ4n) is 1.62. The van der Waals surface area contributed by atoms with E-state index in [2.05, 4.69) is 21.2 Å². The predicted molar refractivity (Wildman–Crippen MR) is 84.2 cm³/mol. The molecule has 1 amide bonds. The Bertz CT molecular complexity index is 594. The van der Waals surface area contributed by atoms with E-state index in [0.29, 0.717) is 10.2 Å². The van der Waals surface area contributed by atoms with Gasteiger partial charge in [0.1, 0.15) is 6.54 Å². The molecule has 0 aliphatic heterocycles. The molecule has 0 fully saturated rings. The molecule has 1 rings (SSSR count). The summed E-state index contributed by atoms with van der Waals surface area (Å²) in [6, 6.07) is 6.88. The highest BCUT2D eigenvalue weighted by Gasteiger charge is 2.24. The standard InChI is InChI=1S/C13H19BrN2O3S/c1-13(2,3)15-12(17)9-16(20(4,18)19)11-8-6-5-7-10(11)14/h5-8H,9H2,1-4H3,(H,15,17). The first-order valence-corrected chi connectivity index (χ1v) is 8.68. The zero-order valence-electron chi connectivity index (χ0n) is 12.0. The first-order valence-electron chi connectivity index (χ1n) is 6.04. The molecule has 0 bridgehead atoms. The zero-order chi connectivity index (χ0) is 15.6. The van der Waals surface area contributed by atoms with Gasteiger partial charge in [-0.05, 0) is 48.8 Å². The molecule has 5 nitrogen and oxygen atoms in total. The Morgan fingerprint density at radius 1 is 1.30 bits per heavy atom. The number of benzene rings is 1. The summed E-state index contributed by atoms with van der Waals surface area (Å²) in [4.78, 5) is 12.0. The molecule has 0 saturated heterocycles. The van der Waals surface area contributed by atoms with E-state index >= 15 is 0 Å². The van der Waals surface area contributed by atoms with Crippen molar-refractivity contribution in [2.24, 2.45) is 0 Å². The summed E-state index contributed by atoms with van der Waals surface area (Å²) in [6.07, 6.45) is 1.08. The average Bonchev–Trinajstić information content (AvgIpc) is 2.23. The number of hydrogen-bond donors (Lipinski definition) is 1. The molecule has 0 spiro atoms. The quantitative estimate of drug-likeness (QED) is 0.891. The highest BCUT2D eigenvalue weighted by Crippen LogP contribution is 2.27. The van der Waals surface area contributed by atoms with Gasteiger partial charge in [0.15, 0.2) is 0 Å². The Kier molecular flexibility index (Phi) is 5.21. The Morgan fingerprint density at radius 2 is 1.85 bits per heavy atom. The fraction of sp³-hybridized carbons (Fsp3) is 0.462.